The van der Waals surface area contributed by atoms with Gasteiger partial charge in [-0.15, -0.1) is 0 Å². The zero-order valence-electron chi connectivity index (χ0n) is 36.2. The molecule has 3 nitrogen and oxygen atoms in total. The van der Waals surface area contributed by atoms with Crippen molar-refractivity contribution in [3.8, 4) is 39.3 Å². The number of benzene rings is 10. The standard InChI is InChI=1S/C62H40BN2O/c1-38-35-46(45-29-18-31-49-59(45)64-51-32-17-16-30-48(51)62(49,42-24-10-4-11-25-42)43-26-12-5-13-27-43)58-60-55(38)57-44-28-15-14-19-39(44)33-34-52(57)65(60)53-36-47-54(37-50(53)63-58)66-61(41-22-8-3-9-23-41)56(47)40-20-6-2-7-21-40/h2-37,64H,1H3. The summed E-state index contributed by atoms with van der Waals surface area (Å²) in [4.78, 5) is 0. The maximum atomic E-state index is 7.00. The lowest BCUT2D eigenvalue weighted by Gasteiger charge is -2.43. The maximum absolute atomic E-state index is 7.00. The molecule has 2 aliphatic heterocycles. The van der Waals surface area contributed by atoms with E-state index >= 15 is 0 Å². The monoisotopic (exact) mass is 839 g/mol. The van der Waals surface area contributed by atoms with Crippen LogP contribution in [0.1, 0.15) is 27.8 Å². The predicted molar refractivity (Wildman–Crippen MR) is 276 cm³/mol. The number of para-hydroxylation sites is 2. The number of aryl methyl sites for hydroxylation is 1. The van der Waals surface area contributed by atoms with Crippen LogP contribution in [0.25, 0.3) is 82.8 Å². The first-order valence-electron chi connectivity index (χ1n) is 22.8. The highest BCUT2D eigenvalue weighted by atomic mass is 16.3. The summed E-state index contributed by atoms with van der Waals surface area (Å²) in [5.41, 5.74) is 20.2. The summed E-state index contributed by atoms with van der Waals surface area (Å²) in [5, 5.41) is 10.2. The van der Waals surface area contributed by atoms with Gasteiger partial charge in [0.25, 0.3) is 0 Å². The summed E-state index contributed by atoms with van der Waals surface area (Å²) in [7, 11) is 2.43. The molecule has 0 amide bonds. The number of furan rings is 1. The highest BCUT2D eigenvalue weighted by Gasteiger charge is 2.45. The predicted octanol–water partition coefficient (Wildman–Crippen LogP) is 14.4. The van der Waals surface area contributed by atoms with Gasteiger partial charge in [-0.2, -0.15) is 0 Å². The molecule has 14 rings (SSSR count). The molecule has 4 heterocycles. The van der Waals surface area contributed by atoms with Crippen molar-refractivity contribution in [3.63, 3.8) is 0 Å². The lowest BCUT2D eigenvalue weighted by atomic mass is 9.58. The van der Waals surface area contributed by atoms with E-state index in [1.807, 2.05) is 0 Å². The number of rotatable bonds is 5. The molecule has 0 aliphatic carbocycles. The quantitative estimate of drug-likeness (QED) is 0.175. The van der Waals surface area contributed by atoms with Crippen molar-refractivity contribution >= 4 is 73.1 Å². The normalized spacial score (nSPS) is 13.3. The van der Waals surface area contributed by atoms with Gasteiger partial charge in [0.2, 0.25) is 0 Å². The third-order valence-electron chi connectivity index (χ3n) is 14.4. The number of anilines is 2. The summed E-state index contributed by atoms with van der Waals surface area (Å²) >= 11 is 0. The Hall–Kier alpha value is -8.34. The molecular formula is C62H40BN2O. The SMILES string of the molecule is Cc1cc(-c2cccc3c2Nc2ccccc2C3(c2ccccc2)c2ccccc2)c2c3c1c1c4ccccc4ccc1n3-c1cc3c(-c4ccccc4)c(-c4ccccc4)oc3cc1[B]2. The second-order valence-electron chi connectivity index (χ2n) is 17.9. The zero-order chi connectivity index (χ0) is 43.5. The molecule has 2 aliphatic rings. The summed E-state index contributed by atoms with van der Waals surface area (Å²) < 4.78 is 9.56. The van der Waals surface area contributed by atoms with Gasteiger partial charge in [0.1, 0.15) is 11.3 Å². The molecule has 1 radical (unpaired) electrons. The van der Waals surface area contributed by atoms with Crippen molar-refractivity contribution in [1.29, 1.82) is 0 Å². The van der Waals surface area contributed by atoms with Crippen LogP contribution in [0.5, 0.6) is 0 Å². The van der Waals surface area contributed by atoms with Crippen molar-refractivity contribution in [2.75, 3.05) is 5.32 Å². The molecule has 0 spiro atoms. The average molecular weight is 840 g/mol. The van der Waals surface area contributed by atoms with E-state index in [1.165, 1.54) is 71.4 Å². The molecule has 2 aromatic heterocycles. The van der Waals surface area contributed by atoms with E-state index < -0.39 is 5.41 Å². The highest BCUT2D eigenvalue weighted by molar-refractivity contribution is 6.74. The number of hydrogen-bond donors (Lipinski definition) is 1. The Balaban J connectivity index is 1.09. The molecular weight excluding hydrogens is 800 g/mol. The fourth-order valence-corrected chi connectivity index (χ4v) is 11.7. The molecule has 4 heteroatoms. The summed E-state index contributed by atoms with van der Waals surface area (Å²) in [6.07, 6.45) is 0. The van der Waals surface area contributed by atoms with Crippen molar-refractivity contribution < 1.29 is 4.42 Å². The van der Waals surface area contributed by atoms with Gasteiger partial charge in [-0.3, -0.25) is 0 Å². The highest BCUT2D eigenvalue weighted by Crippen LogP contribution is 2.56. The van der Waals surface area contributed by atoms with Crippen molar-refractivity contribution in [3.05, 3.63) is 246 Å². The summed E-state index contributed by atoms with van der Waals surface area (Å²) in [6.45, 7) is 2.30. The van der Waals surface area contributed by atoms with Crippen molar-refractivity contribution in [2.45, 2.75) is 12.3 Å². The molecule has 0 bridgehead atoms. The van der Waals surface area contributed by atoms with Gasteiger partial charge in [-0.05, 0) is 86.4 Å². The van der Waals surface area contributed by atoms with Crippen LogP contribution in [0, 0.1) is 6.92 Å². The van der Waals surface area contributed by atoms with Gasteiger partial charge in [-0.1, -0.05) is 200 Å². The fourth-order valence-electron chi connectivity index (χ4n) is 11.7. The molecule has 0 fully saturated rings. The molecule has 0 saturated heterocycles. The molecule has 1 N–H and O–H groups in total. The number of aromatic nitrogens is 1. The summed E-state index contributed by atoms with van der Waals surface area (Å²) in [5.74, 6) is 0.879. The van der Waals surface area contributed by atoms with E-state index in [9.17, 15) is 0 Å². The van der Waals surface area contributed by atoms with Crippen LogP contribution in [0.2, 0.25) is 0 Å². The molecule has 0 unspecified atom stereocenters. The Kier molecular flexibility index (Phi) is 7.91. The van der Waals surface area contributed by atoms with E-state index in [0.717, 1.165) is 61.5 Å². The first kappa shape index (κ1) is 37.1. The van der Waals surface area contributed by atoms with Gasteiger partial charge < -0.3 is 14.3 Å². The first-order chi connectivity index (χ1) is 32.7. The lowest BCUT2D eigenvalue weighted by molar-refractivity contribution is 0.632. The fraction of sp³-hybridized carbons (Fsp3) is 0.0323. The Morgan fingerprint density at radius 2 is 1.18 bits per heavy atom. The van der Waals surface area contributed by atoms with E-state index in [-0.39, 0.29) is 0 Å². The molecule has 0 atom stereocenters. The van der Waals surface area contributed by atoms with E-state index in [0.29, 0.717) is 0 Å². The number of fused-ring (bicyclic) bond motifs is 10. The van der Waals surface area contributed by atoms with Crippen LogP contribution in [0.4, 0.5) is 11.4 Å². The number of nitrogens with zero attached hydrogens (tertiary/aromatic N) is 1. The third kappa shape index (κ3) is 5.10. The van der Waals surface area contributed by atoms with Gasteiger partial charge in [0.05, 0.1) is 16.6 Å². The van der Waals surface area contributed by atoms with E-state index in [2.05, 4.69) is 242 Å². The van der Waals surface area contributed by atoms with Crippen molar-refractivity contribution in [2.24, 2.45) is 0 Å². The van der Waals surface area contributed by atoms with Crippen LogP contribution in [-0.4, -0.2) is 11.8 Å². The Morgan fingerprint density at radius 1 is 0.530 bits per heavy atom. The molecule has 12 aromatic rings. The topological polar surface area (TPSA) is 30.1 Å². The molecule has 307 valence electrons. The summed E-state index contributed by atoms with van der Waals surface area (Å²) in [6, 6.07) is 79.7. The first-order valence-corrected chi connectivity index (χ1v) is 22.8. The minimum absolute atomic E-state index is 0.575. The molecule has 66 heavy (non-hydrogen) atoms. The van der Waals surface area contributed by atoms with Crippen molar-refractivity contribution in [1.82, 2.24) is 4.57 Å². The number of nitrogens with one attached hydrogen (secondary N) is 1. The smallest absolute Gasteiger partial charge is 0.198 e. The van der Waals surface area contributed by atoms with E-state index in [4.69, 9.17) is 4.42 Å². The largest absolute Gasteiger partial charge is 0.455 e. The van der Waals surface area contributed by atoms with Crippen LogP contribution < -0.4 is 16.2 Å². The molecule has 10 aromatic carbocycles. The van der Waals surface area contributed by atoms with Gasteiger partial charge in [0, 0.05) is 49.7 Å². The zero-order valence-corrected chi connectivity index (χ0v) is 36.2. The van der Waals surface area contributed by atoms with Gasteiger partial charge >= 0.3 is 0 Å². The Bertz CT molecular complexity index is 3890. The van der Waals surface area contributed by atoms with Gasteiger partial charge in [-0.25, -0.2) is 0 Å². The maximum Gasteiger partial charge on any atom is 0.198 e. The third-order valence-corrected chi connectivity index (χ3v) is 14.4. The minimum Gasteiger partial charge on any atom is -0.455 e. The number of hydrogen-bond acceptors (Lipinski definition) is 2. The average Bonchev–Trinajstić information content (AvgIpc) is 3.94. The Labute approximate surface area is 383 Å². The van der Waals surface area contributed by atoms with Crippen LogP contribution >= 0.6 is 0 Å². The molecule has 0 saturated carbocycles. The van der Waals surface area contributed by atoms with E-state index in [1.54, 1.807) is 0 Å². The Morgan fingerprint density at radius 3 is 1.94 bits per heavy atom. The second kappa shape index (κ2) is 14.1. The lowest BCUT2D eigenvalue weighted by Crippen LogP contribution is -2.38. The second-order valence-corrected chi connectivity index (χ2v) is 17.9. The van der Waals surface area contributed by atoms with Gasteiger partial charge in [0.15, 0.2) is 7.28 Å². The minimum atomic E-state index is -0.575. The van der Waals surface area contributed by atoms with Crippen LogP contribution in [0.15, 0.2) is 223 Å². The van der Waals surface area contributed by atoms with Crippen LogP contribution in [0.3, 0.4) is 0 Å². The van der Waals surface area contributed by atoms with Crippen LogP contribution in [-0.2, 0) is 5.41 Å².